The predicted molar refractivity (Wildman–Crippen MR) is 67.1 cm³/mol. The highest BCUT2D eigenvalue weighted by atomic mass is 32.2. The molecular formula is C12H15FN2OS. The summed E-state index contributed by atoms with van der Waals surface area (Å²) in [6.07, 6.45) is 1.97. The van der Waals surface area contributed by atoms with E-state index in [0.29, 0.717) is 10.8 Å². The van der Waals surface area contributed by atoms with Gasteiger partial charge in [0, 0.05) is 28.9 Å². The van der Waals surface area contributed by atoms with Crippen LogP contribution in [-0.2, 0) is 4.74 Å². The molecule has 0 radical (unpaired) electrons. The normalized spacial score (nSPS) is 17.0. The minimum absolute atomic E-state index is 0.0842. The Bertz CT molecular complexity index is 419. The highest BCUT2D eigenvalue weighted by Gasteiger charge is 2.17. The van der Waals surface area contributed by atoms with Gasteiger partial charge in [0.25, 0.3) is 0 Å². The highest BCUT2D eigenvalue weighted by molar-refractivity contribution is 8.00. The van der Waals surface area contributed by atoms with E-state index in [1.807, 2.05) is 0 Å². The summed E-state index contributed by atoms with van der Waals surface area (Å²) in [5.74, 6) is -0.439. The quantitative estimate of drug-likeness (QED) is 0.643. The van der Waals surface area contributed by atoms with Crippen molar-refractivity contribution in [3.8, 4) is 0 Å². The molecule has 0 aliphatic carbocycles. The van der Waals surface area contributed by atoms with E-state index in [1.54, 1.807) is 17.8 Å². The Hall–Kier alpha value is -1.07. The maximum absolute atomic E-state index is 13.1. The Labute approximate surface area is 104 Å². The summed E-state index contributed by atoms with van der Waals surface area (Å²) >= 11 is 1.66. The van der Waals surface area contributed by atoms with Gasteiger partial charge in [-0.2, -0.15) is 0 Å². The van der Waals surface area contributed by atoms with Gasteiger partial charge in [0.2, 0.25) is 0 Å². The number of hydrogen-bond donors (Lipinski definition) is 2. The summed E-state index contributed by atoms with van der Waals surface area (Å²) < 4.78 is 18.4. The maximum atomic E-state index is 13.1. The smallest absolute Gasteiger partial charge is 0.124 e. The Morgan fingerprint density at radius 2 is 2.12 bits per heavy atom. The van der Waals surface area contributed by atoms with Crippen LogP contribution in [0.5, 0.6) is 0 Å². The van der Waals surface area contributed by atoms with Gasteiger partial charge in [-0.05, 0) is 31.0 Å². The number of nitrogen functional groups attached to an aromatic ring is 1. The first-order chi connectivity index (χ1) is 8.16. The average molecular weight is 254 g/mol. The standard InChI is InChI=1S/C12H15FN2OS/c13-8-1-2-11(10(7-8)12(14)15)17-9-3-5-16-6-4-9/h1-2,7,9H,3-6H2,(H3,14,15). The molecule has 1 aliphatic rings. The van der Waals surface area contributed by atoms with E-state index in [9.17, 15) is 4.39 Å². The van der Waals surface area contributed by atoms with Crippen LogP contribution in [0.4, 0.5) is 4.39 Å². The van der Waals surface area contributed by atoms with Crippen molar-refractivity contribution in [2.75, 3.05) is 13.2 Å². The molecule has 2 rings (SSSR count). The van der Waals surface area contributed by atoms with Gasteiger partial charge in [0.1, 0.15) is 11.7 Å². The molecule has 0 spiro atoms. The zero-order chi connectivity index (χ0) is 12.3. The van der Waals surface area contributed by atoms with Gasteiger partial charge >= 0.3 is 0 Å². The van der Waals surface area contributed by atoms with Crippen molar-refractivity contribution in [3.05, 3.63) is 29.6 Å². The second-order valence-electron chi connectivity index (χ2n) is 3.98. The summed E-state index contributed by atoms with van der Waals surface area (Å²) in [5.41, 5.74) is 5.95. The molecule has 1 aromatic rings. The lowest BCUT2D eigenvalue weighted by atomic mass is 10.2. The fourth-order valence-electron chi connectivity index (χ4n) is 1.79. The minimum Gasteiger partial charge on any atom is -0.384 e. The Morgan fingerprint density at radius 3 is 2.76 bits per heavy atom. The molecule has 1 aliphatic heterocycles. The van der Waals surface area contributed by atoms with E-state index in [2.05, 4.69) is 0 Å². The van der Waals surface area contributed by atoms with Gasteiger partial charge < -0.3 is 10.5 Å². The zero-order valence-electron chi connectivity index (χ0n) is 9.41. The fraction of sp³-hybridized carbons (Fsp3) is 0.417. The Balaban J connectivity index is 2.16. The van der Waals surface area contributed by atoms with Crippen molar-refractivity contribution in [2.45, 2.75) is 23.0 Å². The van der Waals surface area contributed by atoms with Crippen LogP contribution in [0.2, 0.25) is 0 Å². The van der Waals surface area contributed by atoms with Crippen LogP contribution in [0.15, 0.2) is 23.1 Å². The number of rotatable bonds is 3. The van der Waals surface area contributed by atoms with Gasteiger partial charge in [-0.1, -0.05) is 0 Å². The van der Waals surface area contributed by atoms with Crippen LogP contribution < -0.4 is 5.73 Å². The molecule has 0 amide bonds. The van der Waals surface area contributed by atoms with Crippen molar-refractivity contribution < 1.29 is 9.13 Å². The van der Waals surface area contributed by atoms with Gasteiger partial charge in [-0.25, -0.2) is 4.39 Å². The van der Waals surface area contributed by atoms with Crippen molar-refractivity contribution >= 4 is 17.6 Å². The van der Waals surface area contributed by atoms with Gasteiger partial charge in [-0.15, -0.1) is 11.8 Å². The molecule has 3 N–H and O–H groups in total. The monoisotopic (exact) mass is 254 g/mol. The summed E-state index contributed by atoms with van der Waals surface area (Å²) in [5, 5.41) is 7.93. The largest absolute Gasteiger partial charge is 0.384 e. The summed E-state index contributed by atoms with van der Waals surface area (Å²) in [6.45, 7) is 1.54. The number of benzene rings is 1. The number of hydrogen-bond acceptors (Lipinski definition) is 3. The molecule has 17 heavy (non-hydrogen) atoms. The van der Waals surface area contributed by atoms with Crippen LogP contribution in [-0.4, -0.2) is 24.3 Å². The molecule has 1 saturated heterocycles. The molecular weight excluding hydrogens is 239 g/mol. The number of nitrogens with one attached hydrogen (secondary N) is 1. The number of ether oxygens (including phenoxy) is 1. The third-order valence-corrected chi connectivity index (χ3v) is 4.11. The van der Waals surface area contributed by atoms with Crippen molar-refractivity contribution in [2.24, 2.45) is 5.73 Å². The topological polar surface area (TPSA) is 59.1 Å². The molecule has 92 valence electrons. The van der Waals surface area contributed by atoms with Gasteiger partial charge in [0.05, 0.1) is 0 Å². The van der Waals surface area contributed by atoms with E-state index in [-0.39, 0.29) is 11.7 Å². The van der Waals surface area contributed by atoms with Crippen LogP contribution in [0.25, 0.3) is 0 Å². The second kappa shape index (κ2) is 5.51. The van der Waals surface area contributed by atoms with Crippen molar-refractivity contribution in [3.63, 3.8) is 0 Å². The number of thioether (sulfide) groups is 1. The minimum atomic E-state index is -0.355. The van der Waals surface area contributed by atoms with E-state index >= 15 is 0 Å². The summed E-state index contributed by atoms with van der Waals surface area (Å²) in [4.78, 5) is 0.880. The molecule has 3 nitrogen and oxygen atoms in total. The lowest BCUT2D eigenvalue weighted by Crippen LogP contribution is -2.18. The second-order valence-corrected chi connectivity index (χ2v) is 5.33. The number of halogens is 1. The first-order valence-corrected chi connectivity index (χ1v) is 6.43. The lowest BCUT2D eigenvalue weighted by Gasteiger charge is -2.22. The molecule has 0 unspecified atom stereocenters. The zero-order valence-corrected chi connectivity index (χ0v) is 10.2. The third-order valence-electron chi connectivity index (χ3n) is 2.69. The molecule has 0 atom stereocenters. The van der Waals surface area contributed by atoms with Crippen LogP contribution in [0, 0.1) is 11.2 Å². The van der Waals surface area contributed by atoms with E-state index in [1.165, 1.54) is 12.1 Å². The first-order valence-electron chi connectivity index (χ1n) is 5.55. The number of amidine groups is 1. The molecule has 1 aromatic carbocycles. The fourth-order valence-corrected chi connectivity index (χ4v) is 3.02. The van der Waals surface area contributed by atoms with Crippen LogP contribution in [0.1, 0.15) is 18.4 Å². The third kappa shape index (κ3) is 3.20. The lowest BCUT2D eigenvalue weighted by molar-refractivity contribution is 0.100. The van der Waals surface area contributed by atoms with E-state index < -0.39 is 0 Å². The van der Waals surface area contributed by atoms with Crippen molar-refractivity contribution in [1.82, 2.24) is 0 Å². The average Bonchev–Trinajstić information content (AvgIpc) is 2.32. The summed E-state index contributed by atoms with van der Waals surface area (Å²) in [7, 11) is 0. The SMILES string of the molecule is N=C(N)c1cc(F)ccc1SC1CCOCC1. The molecule has 0 bridgehead atoms. The Morgan fingerprint density at radius 1 is 1.41 bits per heavy atom. The highest BCUT2D eigenvalue weighted by Crippen LogP contribution is 2.32. The molecule has 1 fully saturated rings. The van der Waals surface area contributed by atoms with Gasteiger partial charge in [0.15, 0.2) is 0 Å². The predicted octanol–water partition coefficient (Wildman–Crippen LogP) is 2.38. The van der Waals surface area contributed by atoms with Crippen LogP contribution >= 0.6 is 11.8 Å². The molecule has 0 aromatic heterocycles. The van der Waals surface area contributed by atoms with E-state index in [4.69, 9.17) is 15.9 Å². The molecule has 5 heteroatoms. The molecule has 1 heterocycles. The van der Waals surface area contributed by atoms with Crippen molar-refractivity contribution in [1.29, 1.82) is 5.41 Å². The number of nitrogens with two attached hydrogens (primary N) is 1. The van der Waals surface area contributed by atoms with Crippen LogP contribution in [0.3, 0.4) is 0 Å². The van der Waals surface area contributed by atoms with Gasteiger partial charge in [-0.3, -0.25) is 5.41 Å². The summed E-state index contributed by atoms with van der Waals surface area (Å²) in [6, 6.07) is 4.43. The molecule has 0 saturated carbocycles. The Kier molecular flexibility index (Phi) is 4.02. The van der Waals surface area contributed by atoms with E-state index in [0.717, 1.165) is 31.0 Å². The maximum Gasteiger partial charge on any atom is 0.124 e. The first kappa shape index (κ1) is 12.4.